The second kappa shape index (κ2) is 13.0. The topological polar surface area (TPSA) is 38.3 Å². The number of para-hydroxylation sites is 1. The minimum Gasteiger partial charge on any atom is -0.423 e. The maximum Gasteiger partial charge on any atom is 0.343 e. The molecule has 0 amide bonds. The standard InChI is InChI=1S/C24H33NO2/c1-2-3-4-5-6-7-8-9-13-20-25-22-18-16-21(17-19-22)24(26)27-23-14-11-10-12-15-23/h10-12,14-19,25H,2-9,13,20H2,1H3. The van der Waals surface area contributed by atoms with Crippen LogP contribution in [0.3, 0.4) is 0 Å². The van der Waals surface area contributed by atoms with Crippen LogP contribution in [-0.4, -0.2) is 12.5 Å². The molecule has 0 saturated heterocycles. The number of unbranched alkanes of at least 4 members (excludes halogenated alkanes) is 8. The van der Waals surface area contributed by atoms with Gasteiger partial charge in [0.1, 0.15) is 5.75 Å². The maximum atomic E-state index is 12.1. The molecule has 3 heteroatoms. The number of carbonyl (C=O) groups excluding carboxylic acids is 1. The Labute approximate surface area is 164 Å². The van der Waals surface area contributed by atoms with Crippen molar-refractivity contribution in [3.8, 4) is 5.75 Å². The van der Waals surface area contributed by atoms with Gasteiger partial charge in [-0.25, -0.2) is 4.79 Å². The molecule has 0 fully saturated rings. The molecule has 0 heterocycles. The van der Waals surface area contributed by atoms with Crippen molar-refractivity contribution < 1.29 is 9.53 Å². The van der Waals surface area contributed by atoms with Crippen LogP contribution in [0.15, 0.2) is 54.6 Å². The second-order valence-corrected chi connectivity index (χ2v) is 7.04. The molecule has 1 N–H and O–H groups in total. The minimum atomic E-state index is -0.327. The monoisotopic (exact) mass is 367 g/mol. The second-order valence-electron chi connectivity index (χ2n) is 7.04. The molecule has 0 atom stereocenters. The van der Waals surface area contributed by atoms with Crippen LogP contribution in [0.5, 0.6) is 5.75 Å². The summed E-state index contributed by atoms with van der Waals surface area (Å²) in [5, 5.41) is 3.43. The van der Waals surface area contributed by atoms with Gasteiger partial charge in [-0.1, -0.05) is 76.5 Å². The average molecular weight is 368 g/mol. The summed E-state index contributed by atoms with van der Waals surface area (Å²) in [5.74, 6) is 0.238. The van der Waals surface area contributed by atoms with Gasteiger partial charge >= 0.3 is 5.97 Å². The van der Waals surface area contributed by atoms with E-state index in [1.807, 2.05) is 42.5 Å². The molecule has 0 spiro atoms. The van der Waals surface area contributed by atoms with Gasteiger partial charge in [0, 0.05) is 12.2 Å². The molecular formula is C24H33NO2. The first-order valence-corrected chi connectivity index (χ1v) is 10.4. The Morgan fingerprint density at radius 3 is 2.00 bits per heavy atom. The Morgan fingerprint density at radius 1 is 0.778 bits per heavy atom. The molecule has 0 saturated carbocycles. The third-order valence-corrected chi connectivity index (χ3v) is 4.68. The van der Waals surface area contributed by atoms with Gasteiger partial charge in [0.15, 0.2) is 0 Å². The van der Waals surface area contributed by atoms with Gasteiger partial charge in [0.05, 0.1) is 5.56 Å². The van der Waals surface area contributed by atoms with E-state index in [-0.39, 0.29) is 5.97 Å². The molecule has 0 aromatic heterocycles. The predicted octanol–water partition coefficient (Wildman–Crippen LogP) is 6.85. The van der Waals surface area contributed by atoms with Gasteiger partial charge in [0.25, 0.3) is 0 Å². The number of ether oxygens (including phenoxy) is 1. The van der Waals surface area contributed by atoms with Crippen molar-refractivity contribution in [1.82, 2.24) is 0 Å². The zero-order valence-electron chi connectivity index (χ0n) is 16.6. The van der Waals surface area contributed by atoms with Crippen LogP contribution in [0, 0.1) is 0 Å². The van der Waals surface area contributed by atoms with Crippen LogP contribution in [0.4, 0.5) is 5.69 Å². The lowest BCUT2D eigenvalue weighted by Crippen LogP contribution is -2.08. The number of hydrogen-bond donors (Lipinski definition) is 1. The summed E-state index contributed by atoms with van der Waals surface area (Å²) in [6.07, 6.45) is 12.0. The van der Waals surface area contributed by atoms with E-state index in [1.54, 1.807) is 12.1 Å². The third kappa shape index (κ3) is 8.76. The number of nitrogens with one attached hydrogen (secondary N) is 1. The molecule has 3 nitrogen and oxygen atoms in total. The molecule has 0 bridgehead atoms. The Balaban J connectivity index is 1.58. The molecule has 0 aliphatic carbocycles. The highest BCUT2D eigenvalue weighted by molar-refractivity contribution is 5.91. The van der Waals surface area contributed by atoms with Crippen LogP contribution in [0.25, 0.3) is 0 Å². The average Bonchev–Trinajstić information content (AvgIpc) is 2.70. The molecule has 146 valence electrons. The highest BCUT2D eigenvalue weighted by Gasteiger charge is 2.08. The maximum absolute atomic E-state index is 12.1. The minimum absolute atomic E-state index is 0.327. The van der Waals surface area contributed by atoms with Gasteiger partial charge in [-0.3, -0.25) is 0 Å². The molecule has 0 aliphatic rings. The van der Waals surface area contributed by atoms with E-state index in [4.69, 9.17) is 4.74 Å². The van der Waals surface area contributed by atoms with Gasteiger partial charge in [-0.2, -0.15) is 0 Å². The van der Waals surface area contributed by atoms with E-state index in [1.165, 1.54) is 57.8 Å². The van der Waals surface area contributed by atoms with E-state index in [0.29, 0.717) is 11.3 Å². The number of hydrogen-bond acceptors (Lipinski definition) is 3. The number of benzene rings is 2. The summed E-state index contributed by atoms with van der Waals surface area (Å²) in [4.78, 5) is 12.1. The van der Waals surface area contributed by atoms with E-state index < -0.39 is 0 Å². The Kier molecular flexibility index (Phi) is 10.1. The first-order valence-electron chi connectivity index (χ1n) is 10.4. The van der Waals surface area contributed by atoms with Gasteiger partial charge in [-0.15, -0.1) is 0 Å². The lowest BCUT2D eigenvalue weighted by Gasteiger charge is -2.08. The van der Waals surface area contributed by atoms with Crippen LogP contribution in [0.2, 0.25) is 0 Å². The van der Waals surface area contributed by atoms with Gasteiger partial charge in [-0.05, 0) is 42.8 Å². The van der Waals surface area contributed by atoms with Gasteiger partial charge < -0.3 is 10.1 Å². The number of carbonyl (C=O) groups is 1. The van der Waals surface area contributed by atoms with Crippen molar-refractivity contribution in [3.63, 3.8) is 0 Å². The van der Waals surface area contributed by atoms with Crippen molar-refractivity contribution in [3.05, 3.63) is 60.2 Å². The zero-order chi connectivity index (χ0) is 19.2. The molecule has 0 unspecified atom stereocenters. The fourth-order valence-electron chi connectivity index (χ4n) is 3.05. The van der Waals surface area contributed by atoms with Crippen LogP contribution >= 0.6 is 0 Å². The lowest BCUT2D eigenvalue weighted by molar-refractivity contribution is 0.0735. The normalized spacial score (nSPS) is 10.6. The van der Waals surface area contributed by atoms with Gasteiger partial charge in [0.2, 0.25) is 0 Å². The summed E-state index contributed by atoms with van der Waals surface area (Å²) in [6.45, 7) is 3.24. The van der Waals surface area contributed by atoms with Crippen LogP contribution in [0.1, 0.15) is 75.1 Å². The molecule has 2 rings (SSSR count). The fourth-order valence-corrected chi connectivity index (χ4v) is 3.05. The van der Waals surface area contributed by atoms with Crippen molar-refractivity contribution >= 4 is 11.7 Å². The Bertz CT molecular complexity index is 637. The van der Waals surface area contributed by atoms with Crippen molar-refractivity contribution in [2.24, 2.45) is 0 Å². The van der Waals surface area contributed by atoms with Crippen molar-refractivity contribution in [2.75, 3.05) is 11.9 Å². The van der Waals surface area contributed by atoms with E-state index in [9.17, 15) is 4.79 Å². The summed E-state index contributed by atoms with van der Waals surface area (Å²) in [5.41, 5.74) is 1.61. The first kappa shape index (κ1) is 21.0. The fraction of sp³-hybridized carbons (Fsp3) is 0.458. The quantitative estimate of drug-likeness (QED) is 0.239. The predicted molar refractivity (Wildman–Crippen MR) is 114 cm³/mol. The first-order chi connectivity index (χ1) is 13.3. The largest absolute Gasteiger partial charge is 0.423 e. The Hall–Kier alpha value is -2.29. The Morgan fingerprint density at radius 2 is 1.37 bits per heavy atom. The number of esters is 1. The highest BCUT2D eigenvalue weighted by atomic mass is 16.5. The summed E-state index contributed by atoms with van der Waals surface area (Å²) < 4.78 is 5.35. The summed E-state index contributed by atoms with van der Waals surface area (Å²) >= 11 is 0. The smallest absolute Gasteiger partial charge is 0.343 e. The molecule has 27 heavy (non-hydrogen) atoms. The number of rotatable bonds is 13. The summed E-state index contributed by atoms with van der Waals surface area (Å²) in [7, 11) is 0. The third-order valence-electron chi connectivity index (χ3n) is 4.68. The SMILES string of the molecule is CCCCCCCCCCCNc1ccc(C(=O)Oc2ccccc2)cc1. The lowest BCUT2D eigenvalue weighted by atomic mass is 10.1. The summed E-state index contributed by atoms with van der Waals surface area (Å²) in [6, 6.07) is 16.6. The van der Waals surface area contributed by atoms with Crippen LogP contribution < -0.4 is 10.1 Å². The van der Waals surface area contributed by atoms with E-state index in [2.05, 4.69) is 12.2 Å². The van der Waals surface area contributed by atoms with E-state index in [0.717, 1.165) is 12.2 Å². The van der Waals surface area contributed by atoms with Crippen molar-refractivity contribution in [1.29, 1.82) is 0 Å². The van der Waals surface area contributed by atoms with E-state index >= 15 is 0 Å². The molecule has 2 aromatic carbocycles. The molecule has 0 radical (unpaired) electrons. The highest BCUT2D eigenvalue weighted by Crippen LogP contribution is 2.15. The van der Waals surface area contributed by atoms with Crippen LogP contribution in [-0.2, 0) is 0 Å². The zero-order valence-corrected chi connectivity index (χ0v) is 16.6. The molecule has 2 aromatic rings. The van der Waals surface area contributed by atoms with Crippen molar-refractivity contribution in [2.45, 2.75) is 64.7 Å². The molecular weight excluding hydrogens is 334 g/mol. The number of anilines is 1. The molecule has 0 aliphatic heterocycles.